The molecule has 3 N–H and O–H groups in total. The van der Waals surface area contributed by atoms with Crippen LogP contribution in [0.15, 0.2) is 4.47 Å². The van der Waals surface area contributed by atoms with Gasteiger partial charge in [-0.2, -0.15) is 4.47 Å². The van der Waals surface area contributed by atoms with E-state index in [-0.39, 0.29) is 6.03 Å². The average Bonchev–Trinajstić information content (AvgIpc) is 2.19. The van der Waals surface area contributed by atoms with E-state index in [0.717, 1.165) is 0 Å². The lowest BCUT2D eigenvalue weighted by Gasteiger charge is -2.28. The number of carbonyl (C=O) groups is 1. The summed E-state index contributed by atoms with van der Waals surface area (Å²) in [5.41, 5.74) is 0. The van der Waals surface area contributed by atoms with E-state index in [2.05, 4.69) is 9.79 Å². The van der Waals surface area contributed by atoms with Gasteiger partial charge in [-0.15, -0.1) is 0 Å². The number of nitrogens with two attached hydrogens (primary N) is 1. The number of hydrogen-bond donors (Lipinski definition) is 2. The number of rotatable bonds is 1. The number of nitrogens with one attached hydrogen (secondary N) is 1. The van der Waals surface area contributed by atoms with Crippen LogP contribution in [0.3, 0.4) is 0 Å². The smallest absolute Gasteiger partial charge is 0.317 e. The maximum Gasteiger partial charge on any atom is 0.317 e. The minimum absolute atomic E-state index is 0.106. The van der Waals surface area contributed by atoms with Gasteiger partial charge in [0.15, 0.2) is 0 Å². The zero-order valence-electron chi connectivity index (χ0n) is 8.23. The predicted molar refractivity (Wildman–Crippen MR) is 55.1 cm³/mol. The summed E-state index contributed by atoms with van der Waals surface area (Å²) in [6.07, 6.45) is 0. The Bertz CT molecular complexity index is 308. The first kappa shape index (κ1) is 11.3. The van der Waals surface area contributed by atoms with Crippen molar-refractivity contribution in [2.75, 3.05) is 31.1 Å². The molecular formula is C7H16N4O2S. The van der Waals surface area contributed by atoms with Crippen molar-refractivity contribution in [3.63, 3.8) is 0 Å². The molecule has 1 aliphatic rings. The summed E-state index contributed by atoms with van der Waals surface area (Å²) in [4.78, 5) is 13.0. The summed E-state index contributed by atoms with van der Waals surface area (Å²) < 4.78 is 15.0. The Morgan fingerprint density at radius 1 is 1.57 bits per heavy atom. The lowest BCUT2D eigenvalue weighted by Crippen LogP contribution is -2.48. The second-order valence-corrected chi connectivity index (χ2v) is 5.68. The highest BCUT2D eigenvalue weighted by Crippen LogP contribution is 2.05. The third kappa shape index (κ3) is 2.58. The van der Waals surface area contributed by atoms with Crippen molar-refractivity contribution in [3.8, 4) is 0 Å². The van der Waals surface area contributed by atoms with Gasteiger partial charge in [-0.1, -0.05) is 0 Å². The first-order valence-corrected chi connectivity index (χ1v) is 6.41. The van der Waals surface area contributed by atoms with Crippen molar-refractivity contribution in [2.45, 2.75) is 6.92 Å². The van der Waals surface area contributed by atoms with Crippen LogP contribution in [0.5, 0.6) is 0 Å². The second-order valence-electron chi connectivity index (χ2n) is 3.11. The zero-order chi connectivity index (χ0) is 10.6. The Kier molecular flexibility index (Phi) is 3.70. The van der Waals surface area contributed by atoms with Crippen LogP contribution >= 0.6 is 0 Å². The van der Waals surface area contributed by atoms with Crippen molar-refractivity contribution in [1.82, 2.24) is 10.2 Å². The Morgan fingerprint density at radius 2 is 2.14 bits per heavy atom. The molecule has 0 aromatic heterocycles. The van der Waals surface area contributed by atoms with Gasteiger partial charge < -0.3 is 10.2 Å². The van der Waals surface area contributed by atoms with E-state index in [0.29, 0.717) is 31.1 Å². The highest BCUT2D eigenvalue weighted by atomic mass is 32.2. The van der Waals surface area contributed by atoms with Crippen LogP contribution in [0, 0.1) is 0 Å². The van der Waals surface area contributed by atoms with Gasteiger partial charge in [-0.3, -0.25) is 0 Å². The van der Waals surface area contributed by atoms with Gasteiger partial charge in [0.05, 0.1) is 21.2 Å². The largest absolute Gasteiger partial charge is 0.338 e. The normalized spacial score (nSPS) is 20.3. The monoisotopic (exact) mass is 220 g/mol. The molecular weight excluding hydrogens is 204 g/mol. The highest BCUT2D eigenvalue weighted by molar-refractivity contribution is 7.93. The molecule has 1 heterocycles. The van der Waals surface area contributed by atoms with E-state index in [1.165, 1.54) is 0 Å². The van der Waals surface area contributed by atoms with Crippen LogP contribution < -0.4 is 11.2 Å². The molecule has 0 unspecified atom stereocenters. The van der Waals surface area contributed by atoms with Gasteiger partial charge in [0.2, 0.25) is 0 Å². The molecule has 0 atom stereocenters. The quantitative estimate of drug-likeness (QED) is 0.455. The average molecular weight is 220 g/mol. The summed E-state index contributed by atoms with van der Waals surface area (Å²) in [5, 5.41) is 2.69. The molecule has 82 valence electrons. The van der Waals surface area contributed by atoms with Crippen LogP contribution in [0.25, 0.3) is 0 Å². The molecule has 0 saturated carbocycles. The summed E-state index contributed by atoms with van der Waals surface area (Å²) in [6.45, 7) is 3.39. The van der Waals surface area contributed by atoms with Crippen LogP contribution in [-0.2, 0) is 9.73 Å². The summed E-state index contributed by atoms with van der Waals surface area (Å²) in [7, 11) is -2.23. The lowest BCUT2D eigenvalue weighted by atomic mass is 10.5. The molecule has 1 saturated heterocycles. The molecule has 0 aliphatic carbocycles. The SMILES string of the molecule is CCNC(=O)N1CCS(=O)(=NN)CC1. The minimum atomic E-state index is -2.23. The first-order chi connectivity index (χ1) is 6.61. The first-order valence-electron chi connectivity index (χ1n) is 4.56. The fourth-order valence-electron chi connectivity index (χ4n) is 1.29. The van der Waals surface area contributed by atoms with Gasteiger partial charge in [0, 0.05) is 19.6 Å². The lowest BCUT2D eigenvalue weighted by molar-refractivity contribution is 0.203. The van der Waals surface area contributed by atoms with Crippen LogP contribution in [0.2, 0.25) is 0 Å². The van der Waals surface area contributed by atoms with E-state index < -0.39 is 9.73 Å². The van der Waals surface area contributed by atoms with Crippen LogP contribution in [0.1, 0.15) is 6.92 Å². The number of amides is 2. The van der Waals surface area contributed by atoms with Crippen molar-refractivity contribution in [2.24, 2.45) is 10.3 Å². The third-order valence-electron chi connectivity index (χ3n) is 2.17. The Balaban J connectivity index is 2.51. The maximum absolute atomic E-state index is 11.7. The summed E-state index contributed by atoms with van der Waals surface area (Å²) >= 11 is 0. The molecule has 0 radical (unpaired) electrons. The fraction of sp³-hybridized carbons (Fsp3) is 0.857. The molecule has 0 aromatic rings. The summed E-state index contributed by atoms with van der Waals surface area (Å²) in [6, 6.07) is -0.106. The number of carbonyl (C=O) groups excluding carboxylic acids is 1. The molecule has 0 aromatic carbocycles. The molecule has 1 rings (SSSR count). The molecule has 6 nitrogen and oxygen atoms in total. The molecule has 0 spiro atoms. The van der Waals surface area contributed by atoms with Crippen molar-refractivity contribution >= 4 is 15.8 Å². The molecule has 7 heteroatoms. The fourth-order valence-corrected chi connectivity index (χ4v) is 2.72. The van der Waals surface area contributed by atoms with Gasteiger partial charge in [-0.05, 0) is 6.92 Å². The zero-order valence-corrected chi connectivity index (χ0v) is 9.05. The standard InChI is InChI=1S/C7H16N4O2S/c1-2-9-7(12)11-3-5-14(13,10-8)6-4-11/h2-6,8H2,1H3,(H,9,12). The van der Waals surface area contributed by atoms with E-state index in [4.69, 9.17) is 5.84 Å². The van der Waals surface area contributed by atoms with Crippen molar-refractivity contribution in [3.05, 3.63) is 0 Å². The maximum atomic E-state index is 11.7. The molecule has 1 fully saturated rings. The topological polar surface area (TPSA) is 87.8 Å². The number of nitrogens with zero attached hydrogens (tertiary/aromatic N) is 2. The molecule has 0 bridgehead atoms. The van der Waals surface area contributed by atoms with E-state index in [1.807, 2.05) is 6.92 Å². The van der Waals surface area contributed by atoms with E-state index in [9.17, 15) is 9.00 Å². The predicted octanol–water partition coefficient (Wildman–Crippen LogP) is -0.627. The van der Waals surface area contributed by atoms with Crippen LogP contribution in [0.4, 0.5) is 4.79 Å². The van der Waals surface area contributed by atoms with Crippen LogP contribution in [-0.4, -0.2) is 46.3 Å². The highest BCUT2D eigenvalue weighted by Gasteiger charge is 2.23. The Labute approximate surface area is 84.0 Å². The molecule has 2 amide bonds. The van der Waals surface area contributed by atoms with Crippen molar-refractivity contribution in [1.29, 1.82) is 0 Å². The van der Waals surface area contributed by atoms with E-state index >= 15 is 0 Å². The molecule has 14 heavy (non-hydrogen) atoms. The van der Waals surface area contributed by atoms with Gasteiger partial charge in [0.25, 0.3) is 0 Å². The number of hydrogen-bond acceptors (Lipinski definition) is 3. The Morgan fingerprint density at radius 3 is 2.57 bits per heavy atom. The van der Waals surface area contributed by atoms with Gasteiger partial charge in [-0.25, -0.2) is 14.8 Å². The minimum Gasteiger partial charge on any atom is -0.338 e. The number of urea groups is 1. The summed E-state index contributed by atoms with van der Waals surface area (Å²) in [5.74, 6) is 5.80. The molecule has 1 aliphatic heterocycles. The van der Waals surface area contributed by atoms with Gasteiger partial charge >= 0.3 is 6.03 Å². The van der Waals surface area contributed by atoms with Gasteiger partial charge in [0.1, 0.15) is 0 Å². The third-order valence-corrected chi connectivity index (χ3v) is 4.19. The van der Waals surface area contributed by atoms with Crippen molar-refractivity contribution < 1.29 is 9.00 Å². The second kappa shape index (κ2) is 4.61. The Hall–Kier alpha value is -0.820. The van der Waals surface area contributed by atoms with E-state index in [1.54, 1.807) is 4.90 Å².